The van der Waals surface area contributed by atoms with Crippen LogP contribution < -0.4 is 4.74 Å². The quantitative estimate of drug-likeness (QED) is 0.788. The van der Waals surface area contributed by atoms with Crippen molar-refractivity contribution in [2.45, 2.75) is 13.0 Å². The third-order valence-corrected chi connectivity index (χ3v) is 2.56. The van der Waals surface area contributed by atoms with E-state index in [1.54, 1.807) is 6.20 Å². The van der Waals surface area contributed by atoms with Gasteiger partial charge in [0.25, 0.3) is 0 Å². The van der Waals surface area contributed by atoms with E-state index in [4.69, 9.17) is 9.47 Å². The molecule has 0 N–H and O–H groups in total. The van der Waals surface area contributed by atoms with Crippen LogP contribution in [0.25, 0.3) is 0 Å². The summed E-state index contributed by atoms with van der Waals surface area (Å²) in [4.78, 5) is 8.18. The fourth-order valence-corrected chi connectivity index (χ4v) is 1.11. The van der Waals surface area contributed by atoms with E-state index >= 15 is 0 Å². The van der Waals surface area contributed by atoms with Gasteiger partial charge in [0.15, 0.2) is 0 Å². The van der Waals surface area contributed by atoms with Gasteiger partial charge < -0.3 is 9.47 Å². The molecule has 1 saturated heterocycles. The lowest BCUT2D eigenvalue weighted by Crippen LogP contribution is -2.39. The molecule has 0 bridgehead atoms. The normalized spacial score (nSPS) is 16.8. The molecule has 1 fully saturated rings. The number of ether oxygens (including phenoxy) is 2. The van der Waals surface area contributed by atoms with Gasteiger partial charge in [-0.3, -0.25) is 0 Å². The molecule has 2 rings (SSSR count). The van der Waals surface area contributed by atoms with Gasteiger partial charge >= 0.3 is 6.01 Å². The van der Waals surface area contributed by atoms with E-state index in [2.05, 4.69) is 25.9 Å². The van der Waals surface area contributed by atoms with Crippen LogP contribution in [0.3, 0.4) is 0 Å². The molecule has 0 atom stereocenters. The van der Waals surface area contributed by atoms with Gasteiger partial charge in [0.05, 0.1) is 23.4 Å². The number of nitrogens with zero attached hydrogens (tertiary/aromatic N) is 2. The Morgan fingerprint density at radius 2 is 2.38 bits per heavy atom. The molecule has 1 aliphatic heterocycles. The van der Waals surface area contributed by atoms with Crippen molar-refractivity contribution in [1.82, 2.24) is 9.97 Å². The van der Waals surface area contributed by atoms with Gasteiger partial charge in [-0.1, -0.05) is 0 Å². The predicted molar refractivity (Wildman–Crippen MR) is 49.7 cm³/mol. The van der Waals surface area contributed by atoms with Crippen LogP contribution in [0.5, 0.6) is 6.01 Å². The zero-order chi connectivity index (χ0) is 9.26. The molecule has 1 aromatic heterocycles. The van der Waals surface area contributed by atoms with Crippen LogP contribution in [-0.2, 0) is 4.74 Å². The topological polar surface area (TPSA) is 44.2 Å². The molecule has 70 valence electrons. The SMILES string of the molecule is Cc1nc(OC2COC2)ncc1Br. The number of aryl methyl sites for hydroxylation is 1. The predicted octanol–water partition coefficient (Wildman–Crippen LogP) is 1.33. The van der Waals surface area contributed by atoms with Crippen molar-refractivity contribution in [2.75, 3.05) is 13.2 Å². The summed E-state index contributed by atoms with van der Waals surface area (Å²) >= 11 is 3.32. The van der Waals surface area contributed by atoms with E-state index in [1.807, 2.05) is 6.92 Å². The van der Waals surface area contributed by atoms with E-state index < -0.39 is 0 Å². The van der Waals surface area contributed by atoms with Gasteiger partial charge in [-0.2, -0.15) is 4.98 Å². The highest BCUT2D eigenvalue weighted by atomic mass is 79.9. The second-order valence-corrected chi connectivity index (χ2v) is 3.72. The van der Waals surface area contributed by atoms with Crippen LogP contribution in [0.1, 0.15) is 5.69 Å². The first-order valence-electron chi connectivity index (χ1n) is 3.99. The summed E-state index contributed by atoms with van der Waals surface area (Å²) in [7, 11) is 0. The summed E-state index contributed by atoms with van der Waals surface area (Å²) in [6.07, 6.45) is 1.82. The number of rotatable bonds is 2. The van der Waals surface area contributed by atoms with Crippen LogP contribution in [0.4, 0.5) is 0 Å². The first-order chi connectivity index (χ1) is 6.25. The molecule has 0 radical (unpaired) electrons. The monoisotopic (exact) mass is 244 g/mol. The molecule has 0 amide bonds. The first kappa shape index (κ1) is 8.90. The Morgan fingerprint density at radius 1 is 1.62 bits per heavy atom. The second-order valence-electron chi connectivity index (χ2n) is 2.86. The lowest BCUT2D eigenvalue weighted by atomic mass is 10.3. The van der Waals surface area contributed by atoms with Crippen LogP contribution in [0, 0.1) is 6.92 Å². The molecule has 0 aliphatic carbocycles. The van der Waals surface area contributed by atoms with Crippen molar-refractivity contribution in [3.63, 3.8) is 0 Å². The van der Waals surface area contributed by atoms with Gasteiger partial charge in [-0.15, -0.1) is 0 Å². The van der Waals surface area contributed by atoms with Crippen LogP contribution in [0.15, 0.2) is 10.7 Å². The Hall–Kier alpha value is -0.680. The standard InChI is InChI=1S/C8H9BrN2O2/c1-5-7(9)2-10-8(11-5)13-6-3-12-4-6/h2,6H,3-4H2,1H3. The molecule has 0 saturated carbocycles. The van der Waals surface area contributed by atoms with Crippen molar-refractivity contribution in [2.24, 2.45) is 0 Å². The second kappa shape index (κ2) is 3.59. The molecule has 0 aromatic carbocycles. The maximum absolute atomic E-state index is 5.42. The summed E-state index contributed by atoms with van der Waals surface area (Å²) in [5.41, 5.74) is 0.880. The smallest absolute Gasteiger partial charge is 0.317 e. The molecule has 4 nitrogen and oxygen atoms in total. The number of hydrogen-bond acceptors (Lipinski definition) is 4. The van der Waals surface area contributed by atoms with Crippen LogP contribution in [-0.4, -0.2) is 29.3 Å². The molecule has 13 heavy (non-hydrogen) atoms. The zero-order valence-corrected chi connectivity index (χ0v) is 8.74. The molecule has 0 unspecified atom stereocenters. The average molecular weight is 245 g/mol. The number of aromatic nitrogens is 2. The van der Waals surface area contributed by atoms with E-state index in [1.165, 1.54) is 0 Å². The van der Waals surface area contributed by atoms with Crippen molar-refractivity contribution in [3.05, 3.63) is 16.4 Å². The summed E-state index contributed by atoms with van der Waals surface area (Å²) < 4.78 is 11.3. The fraction of sp³-hybridized carbons (Fsp3) is 0.500. The van der Waals surface area contributed by atoms with Crippen molar-refractivity contribution >= 4 is 15.9 Å². The minimum absolute atomic E-state index is 0.126. The summed E-state index contributed by atoms with van der Waals surface area (Å²) in [6, 6.07) is 0.425. The maximum Gasteiger partial charge on any atom is 0.317 e. The van der Waals surface area contributed by atoms with Gasteiger partial charge in [0.1, 0.15) is 6.10 Å². The summed E-state index contributed by atoms with van der Waals surface area (Å²) in [5, 5.41) is 0. The molecular weight excluding hydrogens is 236 g/mol. The van der Waals surface area contributed by atoms with E-state index in [9.17, 15) is 0 Å². The van der Waals surface area contributed by atoms with E-state index in [0.717, 1.165) is 10.2 Å². The highest BCUT2D eigenvalue weighted by molar-refractivity contribution is 9.10. The first-order valence-corrected chi connectivity index (χ1v) is 4.78. The van der Waals surface area contributed by atoms with E-state index in [-0.39, 0.29) is 6.10 Å². The van der Waals surface area contributed by atoms with Gasteiger partial charge in [-0.05, 0) is 22.9 Å². The minimum atomic E-state index is 0.126. The number of hydrogen-bond donors (Lipinski definition) is 0. The summed E-state index contributed by atoms with van der Waals surface area (Å²) in [6.45, 7) is 3.17. The highest BCUT2D eigenvalue weighted by Gasteiger charge is 2.21. The molecule has 0 spiro atoms. The maximum atomic E-state index is 5.42. The Kier molecular flexibility index (Phi) is 2.46. The van der Waals surface area contributed by atoms with Crippen LogP contribution in [0.2, 0.25) is 0 Å². The summed E-state index contributed by atoms with van der Waals surface area (Å²) in [5.74, 6) is 0. The lowest BCUT2D eigenvalue weighted by molar-refractivity contribution is -0.0831. The highest BCUT2D eigenvalue weighted by Crippen LogP contribution is 2.16. The average Bonchev–Trinajstić information content (AvgIpc) is 2.04. The zero-order valence-electron chi connectivity index (χ0n) is 7.16. The third-order valence-electron chi connectivity index (χ3n) is 1.78. The Balaban J connectivity index is 2.07. The van der Waals surface area contributed by atoms with Crippen molar-refractivity contribution in [1.29, 1.82) is 0 Å². The van der Waals surface area contributed by atoms with E-state index in [0.29, 0.717) is 19.2 Å². The fourth-order valence-electron chi connectivity index (χ4n) is 0.919. The van der Waals surface area contributed by atoms with Crippen LogP contribution >= 0.6 is 15.9 Å². The molecule has 5 heteroatoms. The largest absolute Gasteiger partial charge is 0.455 e. The molecular formula is C8H9BrN2O2. The van der Waals surface area contributed by atoms with Gasteiger partial charge in [-0.25, -0.2) is 4.98 Å². The Morgan fingerprint density at radius 3 is 2.92 bits per heavy atom. The van der Waals surface area contributed by atoms with Gasteiger partial charge in [0.2, 0.25) is 0 Å². The van der Waals surface area contributed by atoms with Gasteiger partial charge in [0, 0.05) is 6.20 Å². The minimum Gasteiger partial charge on any atom is -0.455 e. The molecule has 1 aliphatic rings. The lowest BCUT2D eigenvalue weighted by Gasteiger charge is -2.25. The number of halogens is 1. The molecule has 1 aromatic rings. The van der Waals surface area contributed by atoms with Crippen molar-refractivity contribution in [3.8, 4) is 6.01 Å². The molecule has 2 heterocycles. The Labute approximate surface area is 84.4 Å². The Bertz CT molecular complexity index is 315. The van der Waals surface area contributed by atoms with Crippen molar-refractivity contribution < 1.29 is 9.47 Å². The third kappa shape index (κ3) is 1.97.